The summed E-state index contributed by atoms with van der Waals surface area (Å²) < 4.78 is 20.1. The summed E-state index contributed by atoms with van der Waals surface area (Å²) in [6.07, 6.45) is 9.99. The quantitative estimate of drug-likeness (QED) is 0.768. The van der Waals surface area contributed by atoms with Crippen molar-refractivity contribution in [2.24, 2.45) is 5.92 Å². The Bertz CT molecular complexity index is 436. The first-order valence-corrected chi connectivity index (χ1v) is 7.30. The largest absolute Gasteiger partial charge is 0.469 e. The molecule has 2 aliphatic carbocycles. The fourth-order valence-corrected chi connectivity index (χ4v) is 3.47. The lowest BCUT2D eigenvalue weighted by Crippen LogP contribution is -2.30. The molecule has 5 heteroatoms. The number of ether oxygens (including phenoxy) is 2. The summed E-state index contributed by atoms with van der Waals surface area (Å²) in [5.74, 6) is 2.00. The van der Waals surface area contributed by atoms with E-state index in [1.54, 1.807) is 0 Å². The second-order valence-electron chi connectivity index (χ2n) is 5.19. The zero-order valence-electron chi connectivity index (χ0n) is 10.6. The van der Waals surface area contributed by atoms with Gasteiger partial charge in [-0.1, -0.05) is 12.2 Å². The van der Waals surface area contributed by atoms with E-state index >= 15 is 0 Å². The number of fused-ring (bicyclic) bond motifs is 2. The first kappa shape index (κ1) is 12.0. The maximum atomic E-state index is 6.14. The Morgan fingerprint density at radius 1 is 1.33 bits per heavy atom. The zero-order chi connectivity index (χ0) is 12.4. The highest BCUT2D eigenvalue weighted by molar-refractivity contribution is 6.99. The molecule has 3 rings (SSSR count). The van der Waals surface area contributed by atoms with Crippen LogP contribution in [-0.2, 0) is 0 Å². The Balaban J connectivity index is 1.67. The summed E-state index contributed by atoms with van der Waals surface area (Å²) >= 11 is 1.16. The topological polar surface area (TPSA) is 44.2 Å². The molecule has 2 saturated carbocycles. The molecular formula is C13H18N2O2S. The fourth-order valence-electron chi connectivity index (χ4n) is 3.03. The van der Waals surface area contributed by atoms with Crippen LogP contribution in [0.1, 0.15) is 39.0 Å². The molecule has 0 atom stereocenters. The summed E-state index contributed by atoms with van der Waals surface area (Å²) in [5.41, 5.74) is 0.0269. The Labute approximate surface area is 111 Å². The number of aromatic nitrogens is 2. The molecule has 2 aliphatic rings. The third kappa shape index (κ3) is 2.23. The van der Waals surface area contributed by atoms with Gasteiger partial charge in [0.25, 0.3) is 11.8 Å². The van der Waals surface area contributed by atoms with Crippen LogP contribution in [0.2, 0.25) is 0 Å². The average molecular weight is 266 g/mol. The lowest BCUT2D eigenvalue weighted by molar-refractivity contribution is 0.0712. The minimum Gasteiger partial charge on any atom is -0.469 e. The predicted molar refractivity (Wildman–Crippen MR) is 70.2 cm³/mol. The van der Waals surface area contributed by atoms with Crippen LogP contribution in [-0.4, -0.2) is 21.0 Å². The maximum Gasteiger partial charge on any atom is 0.291 e. The Morgan fingerprint density at radius 2 is 2.11 bits per heavy atom. The van der Waals surface area contributed by atoms with Crippen molar-refractivity contribution < 1.29 is 9.47 Å². The molecule has 0 aromatic carbocycles. The fraction of sp³-hybridized carbons (Fsp3) is 0.692. The molecule has 0 saturated heterocycles. The SMILES string of the molecule is CC=CCOc1nsnc1OC12CCC(CC1)C2. The van der Waals surface area contributed by atoms with Crippen molar-refractivity contribution in [1.29, 1.82) is 0 Å². The van der Waals surface area contributed by atoms with Crippen molar-refractivity contribution in [2.75, 3.05) is 6.61 Å². The van der Waals surface area contributed by atoms with E-state index in [4.69, 9.17) is 9.47 Å². The molecule has 98 valence electrons. The van der Waals surface area contributed by atoms with E-state index in [1.807, 2.05) is 19.1 Å². The van der Waals surface area contributed by atoms with Crippen molar-refractivity contribution in [2.45, 2.75) is 44.6 Å². The highest BCUT2D eigenvalue weighted by atomic mass is 32.1. The van der Waals surface area contributed by atoms with E-state index in [1.165, 1.54) is 19.3 Å². The van der Waals surface area contributed by atoms with E-state index in [9.17, 15) is 0 Å². The molecular weight excluding hydrogens is 248 g/mol. The van der Waals surface area contributed by atoms with Gasteiger partial charge in [0.2, 0.25) is 0 Å². The lowest BCUT2D eigenvalue weighted by Gasteiger charge is -2.26. The van der Waals surface area contributed by atoms with Crippen LogP contribution in [0.5, 0.6) is 11.8 Å². The van der Waals surface area contributed by atoms with Crippen LogP contribution < -0.4 is 9.47 Å². The van der Waals surface area contributed by atoms with Crippen LogP contribution in [0.4, 0.5) is 0 Å². The molecule has 2 bridgehead atoms. The molecule has 0 aliphatic heterocycles. The Kier molecular flexibility index (Phi) is 3.24. The van der Waals surface area contributed by atoms with E-state index in [0.29, 0.717) is 18.4 Å². The van der Waals surface area contributed by atoms with E-state index in [-0.39, 0.29) is 5.60 Å². The summed E-state index contributed by atoms with van der Waals surface area (Å²) in [4.78, 5) is 0. The van der Waals surface area contributed by atoms with Gasteiger partial charge in [-0.2, -0.15) is 0 Å². The normalized spacial score (nSPS) is 30.2. The van der Waals surface area contributed by atoms with Crippen molar-refractivity contribution >= 4 is 11.7 Å². The average Bonchev–Trinajstić information content (AvgIpc) is 3.06. The molecule has 0 spiro atoms. The monoisotopic (exact) mass is 266 g/mol. The number of nitrogens with zero attached hydrogens (tertiary/aromatic N) is 2. The first-order valence-electron chi connectivity index (χ1n) is 6.57. The molecule has 1 aromatic heterocycles. The van der Waals surface area contributed by atoms with Gasteiger partial charge in [-0.05, 0) is 44.9 Å². The first-order chi connectivity index (χ1) is 8.81. The molecule has 1 aromatic rings. The third-order valence-electron chi connectivity index (χ3n) is 3.97. The van der Waals surface area contributed by atoms with E-state index in [0.717, 1.165) is 30.5 Å². The van der Waals surface area contributed by atoms with Crippen LogP contribution in [0, 0.1) is 5.92 Å². The molecule has 0 amide bonds. The second-order valence-corrected chi connectivity index (χ2v) is 5.72. The smallest absolute Gasteiger partial charge is 0.291 e. The van der Waals surface area contributed by atoms with Crippen molar-refractivity contribution in [3.8, 4) is 11.8 Å². The van der Waals surface area contributed by atoms with Crippen LogP contribution >= 0.6 is 11.7 Å². The number of rotatable bonds is 5. The van der Waals surface area contributed by atoms with Crippen LogP contribution in [0.3, 0.4) is 0 Å². The van der Waals surface area contributed by atoms with Gasteiger partial charge in [-0.3, -0.25) is 0 Å². The molecule has 1 heterocycles. The standard InChI is InChI=1S/C13H18N2O2S/c1-2-3-8-16-11-12(15-18-14-11)17-13-6-4-10(9-13)5-7-13/h2-3,10H,4-9H2,1H3. The zero-order valence-corrected chi connectivity index (χ0v) is 11.4. The summed E-state index contributed by atoms with van der Waals surface area (Å²) in [6, 6.07) is 0. The molecule has 2 fully saturated rings. The summed E-state index contributed by atoms with van der Waals surface area (Å²) in [6.45, 7) is 2.49. The highest BCUT2D eigenvalue weighted by Crippen LogP contribution is 2.50. The molecule has 18 heavy (non-hydrogen) atoms. The highest BCUT2D eigenvalue weighted by Gasteiger charge is 2.47. The van der Waals surface area contributed by atoms with Gasteiger partial charge in [-0.15, -0.1) is 8.75 Å². The maximum absolute atomic E-state index is 6.14. The Morgan fingerprint density at radius 3 is 2.78 bits per heavy atom. The van der Waals surface area contributed by atoms with Gasteiger partial charge in [0, 0.05) is 0 Å². The van der Waals surface area contributed by atoms with Gasteiger partial charge in [0.1, 0.15) is 12.2 Å². The molecule has 0 unspecified atom stereocenters. The van der Waals surface area contributed by atoms with E-state index < -0.39 is 0 Å². The molecule has 0 radical (unpaired) electrons. The van der Waals surface area contributed by atoms with E-state index in [2.05, 4.69) is 8.75 Å². The summed E-state index contributed by atoms with van der Waals surface area (Å²) in [7, 11) is 0. The molecule has 4 nitrogen and oxygen atoms in total. The number of allylic oxidation sites excluding steroid dienone is 1. The van der Waals surface area contributed by atoms with Gasteiger partial charge in [-0.25, -0.2) is 0 Å². The number of hydrogen-bond acceptors (Lipinski definition) is 5. The Hall–Kier alpha value is -1.10. The van der Waals surface area contributed by atoms with Crippen molar-refractivity contribution in [3.63, 3.8) is 0 Å². The van der Waals surface area contributed by atoms with Gasteiger partial charge in [0.15, 0.2) is 0 Å². The second kappa shape index (κ2) is 4.88. The van der Waals surface area contributed by atoms with Crippen molar-refractivity contribution in [1.82, 2.24) is 8.75 Å². The van der Waals surface area contributed by atoms with Gasteiger partial charge in [0.05, 0.1) is 11.7 Å². The third-order valence-corrected chi connectivity index (χ3v) is 4.47. The predicted octanol–water partition coefficient (Wildman–Crippen LogP) is 3.20. The van der Waals surface area contributed by atoms with Gasteiger partial charge >= 0.3 is 0 Å². The summed E-state index contributed by atoms with van der Waals surface area (Å²) in [5, 5.41) is 0. The van der Waals surface area contributed by atoms with Crippen molar-refractivity contribution in [3.05, 3.63) is 12.2 Å². The van der Waals surface area contributed by atoms with Crippen LogP contribution in [0.15, 0.2) is 12.2 Å². The minimum atomic E-state index is 0.0269. The molecule has 0 N–H and O–H groups in total. The van der Waals surface area contributed by atoms with Crippen LogP contribution in [0.25, 0.3) is 0 Å². The lowest BCUT2D eigenvalue weighted by atomic mass is 9.97. The number of hydrogen-bond donors (Lipinski definition) is 0. The minimum absolute atomic E-state index is 0.0269. The van der Waals surface area contributed by atoms with Gasteiger partial charge < -0.3 is 9.47 Å².